The van der Waals surface area contributed by atoms with Crippen molar-refractivity contribution in [3.05, 3.63) is 24.4 Å². The largest absolute Gasteiger partial charge is 0.387 e. The Morgan fingerprint density at radius 3 is 3.09 bits per heavy atom. The van der Waals surface area contributed by atoms with Crippen LogP contribution in [0.3, 0.4) is 0 Å². The van der Waals surface area contributed by atoms with Crippen LogP contribution >= 0.6 is 0 Å². The van der Waals surface area contributed by atoms with Crippen LogP contribution in [0.2, 0.25) is 0 Å². The number of hydrogen-bond acceptors (Lipinski definition) is 1. The van der Waals surface area contributed by atoms with Gasteiger partial charge in [-0.1, -0.05) is 25.5 Å². The normalized spacial score (nSPS) is 35.5. The smallest absolute Gasteiger partial charge is 0.0325 e. The molecule has 0 aromatic heterocycles. The van der Waals surface area contributed by atoms with Crippen LogP contribution < -0.4 is 5.32 Å². The Bertz CT molecular complexity index is 193. The van der Waals surface area contributed by atoms with Gasteiger partial charge in [0.25, 0.3) is 0 Å². The molecule has 0 saturated heterocycles. The molecule has 2 aliphatic rings. The SMILES string of the molecule is C=CC1=CNC2CCCCC12. The molecular weight excluding hydrogens is 134 g/mol. The van der Waals surface area contributed by atoms with Crippen molar-refractivity contribution in [1.29, 1.82) is 0 Å². The summed E-state index contributed by atoms with van der Waals surface area (Å²) in [5.41, 5.74) is 1.43. The Kier molecular flexibility index (Phi) is 1.72. The molecule has 1 heterocycles. The first-order valence-corrected chi connectivity index (χ1v) is 4.50. The lowest BCUT2D eigenvalue weighted by Gasteiger charge is -2.26. The lowest BCUT2D eigenvalue weighted by Crippen LogP contribution is -2.30. The molecule has 1 aliphatic heterocycles. The summed E-state index contributed by atoms with van der Waals surface area (Å²) < 4.78 is 0. The summed E-state index contributed by atoms with van der Waals surface area (Å²) in [6.45, 7) is 3.83. The molecular formula is C10H15N. The van der Waals surface area contributed by atoms with Crippen LogP contribution in [-0.4, -0.2) is 6.04 Å². The zero-order chi connectivity index (χ0) is 7.68. The van der Waals surface area contributed by atoms with Crippen molar-refractivity contribution in [2.45, 2.75) is 31.7 Å². The van der Waals surface area contributed by atoms with E-state index in [0.29, 0.717) is 0 Å². The third kappa shape index (κ3) is 1.09. The first kappa shape index (κ1) is 6.96. The Balaban J connectivity index is 2.11. The van der Waals surface area contributed by atoms with E-state index in [0.717, 1.165) is 12.0 Å². The van der Waals surface area contributed by atoms with Crippen LogP contribution in [0, 0.1) is 5.92 Å². The van der Waals surface area contributed by atoms with Gasteiger partial charge in [0, 0.05) is 18.2 Å². The van der Waals surface area contributed by atoms with Gasteiger partial charge in [0.05, 0.1) is 0 Å². The molecule has 0 aromatic rings. The van der Waals surface area contributed by atoms with Gasteiger partial charge in [0.1, 0.15) is 0 Å². The molecule has 1 fully saturated rings. The van der Waals surface area contributed by atoms with Gasteiger partial charge in [-0.3, -0.25) is 0 Å². The minimum atomic E-state index is 0.733. The van der Waals surface area contributed by atoms with Gasteiger partial charge in [-0.2, -0.15) is 0 Å². The fourth-order valence-corrected chi connectivity index (χ4v) is 2.25. The van der Waals surface area contributed by atoms with Gasteiger partial charge in [-0.25, -0.2) is 0 Å². The third-order valence-electron chi connectivity index (χ3n) is 2.89. The summed E-state index contributed by atoms with van der Waals surface area (Å²) in [6, 6.07) is 0.733. The van der Waals surface area contributed by atoms with Crippen molar-refractivity contribution in [3.63, 3.8) is 0 Å². The van der Waals surface area contributed by atoms with Crippen molar-refractivity contribution >= 4 is 0 Å². The fourth-order valence-electron chi connectivity index (χ4n) is 2.25. The molecule has 2 atom stereocenters. The maximum Gasteiger partial charge on any atom is 0.0325 e. The fraction of sp³-hybridized carbons (Fsp3) is 0.600. The molecule has 1 heteroatoms. The monoisotopic (exact) mass is 149 g/mol. The minimum Gasteiger partial charge on any atom is -0.387 e. The third-order valence-corrected chi connectivity index (χ3v) is 2.89. The Morgan fingerprint density at radius 2 is 2.27 bits per heavy atom. The van der Waals surface area contributed by atoms with Crippen molar-refractivity contribution in [3.8, 4) is 0 Å². The molecule has 11 heavy (non-hydrogen) atoms. The number of nitrogens with one attached hydrogen (secondary N) is 1. The van der Waals surface area contributed by atoms with E-state index in [4.69, 9.17) is 0 Å². The van der Waals surface area contributed by atoms with E-state index >= 15 is 0 Å². The second-order valence-electron chi connectivity index (χ2n) is 3.51. The highest BCUT2D eigenvalue weighted by Crippen LogP contribution is 2.33. The van der Waals surface area contributed by atoms with E-state index in [9.17, 15) is 0 Å². The lowest BCUT2D eigenvalue weighted by atomic mass is 9.82. The Labute approximate surface area is 68.2 Å². The zero-order valence-corrected chi connectivity index (χ0v) is 6.84. The summed E-state index contributed by atoms with van der Waals surface area (Å²) in [5.74, 6) is 0.779. The zero-order valence-electron chi connectivity index (χ0n) is 6.84. The molecule has 0 spiro atoms. The average Bonchev–Trinajstić information content (AvgIpc) is 2.47. The predicted molar refractivity (Wildman–Crippen MR) is 47.2 cm³/mol. The Hall–Kier alpha value is -0.720. The molecule has 2 rings (SSSR count). The van der Waals surface area contributed by atoms with E-state index in [1.807, 2.05) is 6.08 Å². The summed E-state index contributed by atoms with van der Waals surface area (Å²) >= 11 is 0. The molecule has 0 aromatic carbocycles. The molecule has 60 valence electrons. The number of fused-ring (bicyclic) bond motifs is 1. The van der Waals surface area contributed by atoms with Crippen molar-refractivity contribution in [1.82, 2.24) is 5.32 Å². The maximum absolute atomic E-state index is 3.83. The molecule has 0 bridgehead atoms. The molecule has 1 N–H and O–H groups in total. The highest BCUT2D eigenvalue weighted by molar-refractivity contribution is 5.26. The summed E-state index contributed by atoms with van der Waals surface area (Å²) in [4.78, 5) is 0. The molecule has 1 saturated carbocycles. The van der Waals surface area contributed by atoms with Gasteiger partial charge in [-0.15, -0.1) is 0 Å². The number of hydrogen-bond donors (Lipinski definition) is 1. The molecule has 1 aliphatic carbocycles. The molecule has 0 radical (unpaired) electrons. The molecule has 0 amide bonds. The van der Waals surface area contributed by atoms with Gasteiger partial charge in [0.15, 0.2) is 0 Å². The van der Waals surface area contributed by atoms with E-state index < -0.39 is 0 Å². The molecule has 1 nitrogen and oxygen atoms in total. The summed E-state index contributed by atoms with van der Waals surface area (Å²) in [6.07, 6.45) is 9.64. The topological polar surface area (TPSA) is 12.0 Å². The van der Waals surface area contributed by atoms with Crippen LogP contribution in [-0.2, 0) is 0 Å². The van der Waals surface area contributed by atoms with E-state index in [2.05, 4.69) is 18.1 Å². The first-order chi connectivity index (χ1) is 5.42. The second-order valence-corrected chi connectivity index (χ2v) is 3.51. The van der Waals surface area contributed by atoms with Crippen LogP contribution in [0.1, 0.15) is 25.7 Å². The summed E-state index contributed by atoms with van der Waals surface area (Å²) in [7, 11) is 0. The van der Waals surface area contributed by atoms with Gasteiger partial charge < -0.3 is 5.32 Å². The first-order valence-electron chi connectivity index (χ1n) is 4.50. The highest BCUT2D eigenvalue weighted by Gasteiger charge is 2.29. The van der Waals surface area contributed by atoms with Crippen LogP contribution in [0.25, 0.3) is 0 Å². The van der Waals surface area contributed by atoms with E-state index in [1.165, 1.54) is 31.3 Å². The lowest BCUT2D eigenvalue weighted by molar-refractivity contribution is 0.345. The van der Waals surface area contributed by atoms with E-state index in [1.54, 1.807) is 0 Å². The van der Waals surface area contributed by atoms with Crippen molar-refractivity contribution < 1.29 is 0 Å². The van der Waals surface area contributed by atoms with Gasteiger partial charge >= 0.3 is 0 Å². The minimum absolute atomic E-state index is 0.733. The van der Waals surface area contributed by atoms with Crippen LogP contribution in [0.4, 0.5) is 0 Å². The number of allylic oxidation sites excluding steroid dienone is 1. The Morgan fingerprint density at radius 1 is 1.45 bits per heavy atom. The van der Waals surface area contributed by atoms with Gasteiger partial charge in [-0.05, 0) is 18.4 Å². The van der Waals surface area contributed by atoms with Crippen LogP contribution in [0.15, 0.2) is 24.4 Å². The number of rotatable bonds is 1. The summed E-state index contributed by atoms with van der Waals surface area (Å²) in [5, 5.41) is 3.43. The average molecular weight is 149 g/mol. The van der Waals surface area contributed by atoms with E-state index in [-0.39, 0.29) is 0 Å². The quantitative estimate of drug-likeness (QED) is 0.602. The maximum atomic E-state index is 3.83. The van der Waals surface area contributed by atoms with Crippen molar-refractivity contribution in [2.75, 3.05) is 0 Å². The standard InChI is InChI=1S/C10H15N/c1-2-8-7-11-10-6-4-3-5-9(8)10/h2,7,9-11H,1,3-6H2. The van der Waals surface area contributed by atoms with Crippen molar-refractivity contribution in [2.24, 2.45) is 5.92 Å². The second kappa shape index (κ2) is 2.72. The van der Waals surface area contributed by atoms with Gasteiger partial charge in [0.2, 0.25) is 0 Å². The van der Waals surface area contributed by atoms with Crippen LogP contribution in [0.5, 0.6) is 0 Å². The predicted octanol–water partition coefficient (Wildman–Crippen LogP) is 2.22. The highest BCUT2D eigenvalue weighted by atomic mass is 14.9. The molecule has 2 unspecified atom stereocenters.